The molecule has 1 aliphatic heterocycles. The van der Waals surface area contributed by atoms with Crippen LogP contribution in [-0.2, 0) is 39.9 Å². The van der Waals surface area contributed by atoms with Crippen LogP contribution in [0, 0.1) is 0 Å². The largest absolute Gasteiger partial charge is 0.465 e. The van der Waals surface area contributed by atoms with Crippen LogP contribution in [0.25, 0.3) is 22.8 Å². The summed E-state index contributed by atoms with van der Waals surface area (Å²) < 4.78 is 17.6. The first-order chi connectivity index (χ1) is 24.5. The van der Waals surface area contributed by atoms with Crippen LogP contribution in [0.4, 0.5) is 4.79 Å². The fourth-order valence-corrected chi connectivity index (χ4v) is 7.49. The molecule has 1 saturated heterocycles. The Morgan fingerprint density at radius 1 is 0.824 bits per heavy atom. The van der Waals surface area contributed by atoms with Gasteiger partial charge in [-0.3, -0.25) is 0 Å². The topological polar surface area (TPSA) is 154 Å². The van der Waals surface area contributed by atoms with E-state index in [0.717, 1.165) is 88.7 Å². The number of amides is 1. The van der Waals surface area contributed by atoms with Gasteiger partial charge in [0.1, 0.15) is 5.60 Å². The minimum atomic E-state index is -0.513. The lowest BCUT2D eigenvalue weighted by molar-refractivity contribution is 0.0188. The Kier molecular flexibility index (Phi) is 10.8. The summed E-state index contributed by atoms with van der Waals surface area (Å²) in [7, 11) is 2.81. The average Bonchev–Trinajstić information content (AvgIpc) is 3.76. The van der Waals surface area contributed by atoms with Gasteiger partial charge in [0.25, 0.3) is 0 Å². The lowest BCUT2D eigenvalue weighted by Gasteiger charge is -2.35. The Labute approximate surface area is 305 Å². The van der Waals surface area contributed by atoms with E-state index in [1.807, 2.05) is 51.9 Å². The number of nitrogens with zero attached hydrogens (tertiary/aromatic N) is 6. The van der Waals surface area contributed by atoms with Gasteiger partial charge in [-0.15, -0.1) is 0 Å². The average molecular weight is 734 g/mol. The number of thioether (sulfide) groups is 2. The lowest BCUT2D eigenvalue weighted by atomic mass is 9.92. The minimum absolute atomic E-state index is 0.152. The van der Waals surface area contributed by atoms with Crippen LogP contribution in [-0.4, -0.2) is 97.8 Å². The summed E-state index contributed by atoms with van der Waals surface area (Å²) in [6.07, 6.45) is 15.8. The van der Waals surface area contributed by atoms with Crippen molar-refractivity contribution in [3.05, 3.63) is 58.2 Å². The molecule has 0 bridgehead atoms. The van der Waals surface area contributed by atoms with Gasteiger partial charge < -0.3 is 28.7 Å². The third-order valence-electron chi connectivity index (χ3n) is 9.25. The van der Waals surface area contributed by atoms with Gasteiger partial charge in [0, 0.05) is 43.9 Å². The van der Waals surface area contributed by atoms with E-state index in [1.54, 1.807) is 11.1 Å². The molecule has 1 fully saturated rings. The van der Waals surface area contributed by atoms with E-state index in [0.29, 0.717) is 29.4 Å². The van der Waals surface area contributed by atoms with Gasteiger partial charge in [-0.05, 0) is 94.1 Å². The van der Waals surface area contributed by atoms with E-state index in [2.05, 4.69) is 24.5 Å². The standard InChI is InChI=1S/C23H30N4O4S.C13H13N3O2S/c1-23(2,3)31-22(29)26-10-8-15(9-11-26)27-13-17(20(28)30-4)16-7-6-14-12-24-21(32-5)25-18(14)19(16)27;1-18-12(17)9-6-14-11-8(9)4-3-7-5-15-13(19-2)16-10(7)11/h12-13,15H,6-11H2,1-5H3;5-6,14H,3-4H2,1-2H3. The highest BCUT2D eigenvalue weighted by Crippen LogP contribution is 2.40. The van der Waals surface area contributed by atoms with E-state index in [-0.39, 0.29) is 24.1 Å². The second-order valence-electron chi connectivity index (χ2n) is 13.5. The number of ether oxygens (including phenoxy) is 3. The van der Waals surface area contributed by atoms with Crippen LogP contribution in [0.1, 0.15) is 82.6 Å². The quantitative estimate of drug-likeness (QED) is 0.107. The third-order valence-corrected chi connectivity index (χ3v) is 10.4. The van der Waals surface area contributed by atoms with Crippen LogP contribution in [0.2, 0.25) is 0 Å². The fourth-order valence-electron chi connectivity index (χ4n) is 6.81. The van der Waals surface area contributed by atoms with E-state index in [1.165, 1.54) is 37.7 Å². The van der Waals surface area contributed by atoms with Crippen LogP contribution >= 0.6 is 23.5 Å². The summed E-state index contributed by atoms with van der Waals surface area (Å²) in [6, 6.07) is 0.152. The number of H-pyrrole nitrogens is 1. The van der Waals surface area contributed by atoms with Gasteiger partial charge in [-0.1, -0.05) is 23.5 Å². The SMILES string of the molecule is COC(=O)c1c[nH]c2c1CCc1cnc(SC)nc1-2.COC(=O)c1cn(C2CCN(C(=O)OC(C)(C)C)CC2)c2c1CCc1cnc(SC)nc1-2. The molecule has 1 amide bonds. The van der Waals surface area contributed by atoms with Crippen molar-refractivity contribution in [2.24, 2.45) is 0 Å². The molecule has 0 spiro atoms. The maximum Gasteiger partial charge on any atom is 0.410 e. The Morgan fingerprint density at radius 3 is 1.98 bits per heavy atom. The van der Waals surface area contributed by atoms with Crippen molar-refractivity contribution in [2.75, 3.05) is 39.8 Å². The zero-order valence-electron chi connectivity index (χ0n) is 30.0. The summed E-state index contributed by atoms with van der Waals surface area (Å²) in [5.74, 6) is -0.631. The first kappa shape index (κ1) is 36.4. The molecular weight excluding hydrogens is 691 g/mol. The van der Waals surface area contributed by atoms with Crippen molar-refractivity contribution in [3.63, 3.8) is 0 Å². The number of hydrogen-bond donors (Lipinski definition) is 1. The summed E-state index contributed by atoms with van der Waals surface area (Å²) in [5.41, 5.74) is 8.59. The maximum atomic E-state index is 12.5. The molecule has 3 aliphatic rings. The molecule has 4 aromatic rings. The van der Waals surface area contributed by atoms with Crippen LogP contribution in [0.3, 0.4) is 0 Å². The second-order valence-corrected chi connectivity index (χ2v) is 15.0. The number of likely N-dealkylation sites (tertiary alicyclic amines) is 1. The molecule has 0 atom stereocenters. The van der Waals surface area contributed by atoms with Gasteiger partial charge >= 0.3 is 18.0 Å². The summed E-state index contributed by atoms with van der Waals surface area (Å²) in [5, 5.41) is 1.45. The number of rotatable bonds is 5. The molecule has 270 valence electrons. The predicted molar refractivity (Wildman–Crippen MR) is 194 cm³/mol. The Hall–Kier alpha value is -4.37. The number of carbonyl (C=O) groups is 3. The molecule has 0 unspecified atom stereocenters. The van der Waals surface area contributed by atoms with Crippen LogP contribution in [0.15, 0.2) is 35.1 Å². The Bertz CT molecular complexity index is 1960. The molecule has 1 N–H and O–H groups in total. The molecule has 0 aromatic carbocycles. The molecule has 2 aliphatic carbocycles. The number of aromatic nitrogens is 6. The van der Waals surface area contributed by atoms with Crippen LogP contribution in [0.5, 0.6) is 0 Å². The molecular formula is C36H43N7O6S2. The first-order valence-corrected chi connectivity index (χ1v) is 19.3. The third kappa shape index (κ3) is 7.50. The zero-order chi connectivity index (χ0) is 36.4. The highest BCUT2D eigenvalue weighted by molar-refractivity contribution is 7.98. The molecule has 51 heavy (non-hydrogen) atoms. The number of piperidine rings is 1. The summed E-state index contributed by atoms with van der Waals surface area (Å²) >= 11 is 3.01. The number of aromatic amines is 1. The molecule has 13 nitrogen and oxygen atoms in total. The van der Waals surface area contributed by atoms with Gasteiger partial charge in [0.15, 0.2) is 10.3 Å². The maximum absolute atomic E-state index is 12.5. The van der Waals surface area contributed by atoms with Gasteiger partial charge in [-0.25, -0.2) is 34.3 Å². The molecule has 15 heteroatoms. The minimum Gasteiger partial charge on any atom is -0.465 e. The fraction of sp³-hybridized carbons (Fsp3) is 0.472. The van der Waals surface area contributed by atoms with Crippen molar-refractivity contribution < 1.29 is 28.6 Å². The van der Waals surface area contributed by atoms with Crippen molar-refractivity contribution in [2.45, 2.75) is 81.3 Å². The smallest absolute Gasteiger partial charge is 0.410 e. The molecule has 0 saturated carbocycles. The van der Waals surface area contributed by atoms with Crippen molar-refractivity contribution in [1.82, 2.24) is 34.4 Å². The van der Waals surface area contributed by atoms with Gasteiger partial charge in [0.05, 0.1) is 48.1 Å². The monoisotopic (exact) mass is 733 g/mol. The van der Waals surface area contributed by atoms with E-state index in [9.17, 15) is 14.4 Å². The van der Waals surface area contributed by atoms with Crippen molar-refractivity contribution in [1.29, 1.82) is 0 Å². The molecule has 7 rings (SSSR count). The van der Waals surface area contributed by atoms with Gasteiger partial charge in [-0.2, -0.15) is 0 Å². The number of fused-ring (bicyclic) bond motifs is 6. The van der Waals surface area contributed by atoms with E-state index in [4.69, 9.17) is 19.2 Å². The second kappa shape index (κ2) is 15.1. The Balaban J connectivity index is 0.000000200. The van der Waals surface area contributed by atoms with E-state index < -0.39 is 5.60 Å². The summed E-state index contributed by atoms with van der Waals surface area (Å²) in [6.45, 7) is 6.83. The molecule has 5 heterocycles. The number of methoxy groups -OCH3 is 2. The predicted octanol–water partition coefficient (Wildman–Crippen LogP) is 6.20. The number of hydrogen-bond acceptors (Lipinski definition) is 12. The Morgan fingerprint density at radius 2 is 1.39 bits per heavy atom. The number of aryl methyl sites for hydroxylation is 2. The highest BCUT2D eigenvalue weighted by atomic mass is 32.2. The van der Waals surface area contributed by atoms with Crippen molar-refractivity contribution in [3.8, 4) is 22.8 Å². The van der Waals surface area contributed by atoms with Gasteiger partial charge in [0.2, 0.25) is 0 Å². The number of esters is 2. The molecule has 4 aromatic heterocycles. The highest BCUT2D eigenvalue weighted by Gasteiger charge is 2.34. The van der Waals surface area contributed by atoms with E-state index >= 15 is 0 Å². The van der Waals surface area contributed by atoms with Crippen molar-refractivity contribution >= 4 is 41.6 Å². The first-order valence-electron chi connectivity index (χ1n) is 16.8. The molecule has 0 radical (unpaired) electrons. The number of carbonyl (C=O) groups excluding carboxylic acids is 3. The summed E-state index contributed by atoms with van der Waals surface area (Å²) in [4.78, 5) is 59.7. The normalized spacial score (nSPS) is 15.0. The number of nitrogens with one attached hydrogen (secondary N) is 1. The lowest BCUT2D eigenvalue weighted by Crippen LogP contribution is -2.42. The van der Waals surface area contributed by atoms with Crippen LogP contribution < -0.4 is 0 Å². The zero-order valence-corrected chi connectivity index (χ0v) is 31.6.